The number of halogens is 2. The van der Waals surface area contributed by atoms with E-state index in [1.807, 2.05) is 48.4 Å². The van der Waals surface area contributed by atoms with Crippen LogP contribution in [-0.2, 0) is 13.6 Å². The van der Waals surface area contributed by atoms with E-state index in [9.17, 15) is 14.0 Å². The molecule has 212 valence electrons. The molecule has 4 saturated heterocycles. The van der Waals surface area contributed by atoms with Gasteiger partial charge in [-0.15, -0.1) is 0 Å². The Labute approximate surface area is 241 Å². The highest BCUT2D eigenvalue weighted by Crippen LogP contribution is 2.38. The van der Waals surface area contributed by atoms with Crippen LogP contribution in [-0.4, -0.2) is 73.2 Å². The van der Waals surface area contributed by atoms with Crippen LogP contribution < -0.4 is 9.80 Å². The molecule has 4 aliphatic heterocycles. The summed E-state index contributed by atoms with van der Waals surface area (Å²) in [4.78, 5) is 16.1. The number of anilines is 2. The Morgan fingerprint density at radius 1 is 1.05 bits per heavy atom. The second-order valence-electron chi connectivity index (χ2n) is 11.8. The van der Waals surface area contributed by atoms with Crippen LogP contribution >= 0.6 is 0 Å². The van der Waals surface area contributed by atoms with Crippen molar-refractivity contribution in [2.75, 3.05) is 36.0 Å². The maximum atomic E-state index is 14.0. The summed E-state index contributed by atoms with van der Waals surface area (Å²) in [6, 6.07) is 13.4. The molecule has 9 nitrogen and oxygen atoms in total. The van der Waals surface area contributed by atoms with Gasteiger partial charge in [0, 0.05) is 86.8 Å². The normalized spacial score (nSPS) is 21.7. The van der Waals surface area contributed by atoms with Gasteiger partial charge < -0.3 is 14.4 Å². The number of pyridine rings is 3. The van der Waals surface area contributed by atoms with Crippen molar-refractivity contribution in [1.29, 1.82) is 5.26 Å². The zero-order chi connectivity index (χ0) is 28.6. The van der Waals surface area contributed by atoms with Crippen LogP contribution in [0, 0.1) is 11.3 Å². The summed E-state index contributed by atoms with van der Waals surface area (Å²) in [5.41, 5.74) is 5.57. The van der Waals surface area contributed by atoms with E-state index in [-0.39, 0.29) is 19.5 Å². The molecule has 5 aromatic rings. The van der Waals surface area contributed by atoms with E-state index < -0.39 is 5.92 Å². The van der Waals surface area contributed by atoms with E-state index in [2.05, 4.69) is 38.1 Å². The minimum atomic E-state index is -2.71. The number of aryl methyl sites for hydroxylation is 1. The van der Waals surface area contributed by atoms with E-state index in [4.69, 9.17) is 4.98 Å². The summed E-state index contributed by atoms with van der Waals surface area (Å²) in [5.74, 6) is -1.79. The predicted molar refractivity (Wildman–Crippen MR) is 156 cm³/mol. The highest BCUT2D eigenvalue weighted by Gasteiger charge is 2.44. The molecule has 0 spiro atoms. The quantitative estimate of drug-likeness (QED) is 0.311. The van der Waals surface area contributed by atoms with Gasteiger partial charge in [-0.3, -0.25) is 4.90 Å². The lowest BCUT2D eigenvalue weighted by molar-refractivity contribution is -0.00872. The van der Waals surface area contributed by atoms with Gasteiger partial charge in [-0.05, 0) is 42.3 Å². The SMILES string of the molecule is Cn1ccc2cc(CN3C4CC3CN(c3ccc(-c5cc(N6CCC(F)(F)C6)cn6ncc(C#N)c56)cn3)C4)cnc21. The lowest BCUT2D eigenvalue weighted by atomic mass is 9.87. The standard InChI is InChI=1S/C31H29F2N9/c1-38-6-4-21-8-20(12-36-30(21)38)15-41-25-9-26(41)17-40(16-25)28-3-2-22(13-35-28)27-10-24(39-7-5-31(32,33)19-39)18-42-29(27)23(11-34)14-37-42/h2-4,6,8,10,12-14,18,25-26H,5,7,9,15-17,19H2,1H3. The molecule has 0 radical (unpaired) electrons. The molecule has 11 heteroatoms. The number of hydrogen-bond donors (Lipinski definition) is 0. The first-order chi connectivity index (χ1) is 20.3. The third kappa shape index (κ3) is 4.09. The summed E-state index contributed by atoms with van der Waals surface area (Å²) in [5, 5.41) is 15.2. The number of hydrogen-bond acceptors (Lipinski definition) is 7. The maximum Gasteiger partial charge on any atom is 0.266 e. The van der Waals surface area contributed by atoms with Crippen molar-refractivity contribution in [2.24, 2.45) is 7.05 Å². The van der Waals surface area contributed by atoms with Crippen molar-refractivity contribution < 1.29 is 8.78 Å². The van der Waals surface area contributed by atoms with Crippen molar-refractivity contribution in [3.63, 3.8) is 0 Å². The molecule has 0 N–H and O–H groups in total. The number of nitrogens with zero attached hydrogens (tertiary/aromatic N) is 9. The predicted octanol–water partition coefficient (Wildman–Crippen LogP) is 4.46. The van der Waals surface area contributed by atoms with Crippen molar-refractivity contribution in [3.8, 4) is 17.2 Å². The number of fused-ring (bicyclic) bond motifs is 4. The highest BCUT2D eigenvalue weighted by atomic mass is 19.3. The van der Waals surface area contributed by atoms with Gasteiger partial charge in [-0.2, -0.15) is 10.4 Å². The molecule has 0 amide bonds. The number of piperidine rings is 1. The zero-order valence-electron chi connectivity index (χ0n) is 23.2. The second-order valence-corrected chi connectivity index (χ2v) is 11.8. The Bertz CT molecular complexity index is 1860. The Kier molecular flexibility index (Phi) is 5.53. The topological polar surface area (TPSA) is 81.5 Å². The van der Waals surface area contributed by atoms with Crippen LogP contribution in [0.3, 0.4) is 0 Å². The van der Waals surface area contributed by atoms with Gasteiger partial charge in [-0.25, -0.2) is 23.3 Å². The molecule has 4 fully saturated rings. The molecular formula is C31H29F2N9. The third-order valence-electron chi connectivity index (χ3n) is 9.11. The first-order valence-electron chi connectivity index (χ1n) is 14.3. The average molecular weight is 566 g/mol. The molecule has 0 saturated carbocycles. The zero-order valence-corrected chi connectivity index (χ0v) is 23.2. The van der Waals surface area contributed by atoms with Gasteiger partial charge in [0.25, 0.3) is 5.92 Å². The Hall–Kier alpha value is -4.56. The summed E-state index contributed by atoms with van der Waals surface area (Å²) in [6.45, 7) is 2.66. The van der Waals surface area contributed by atoms with Crippen molar-refractivity contribution in [3.05, 3.63) is 72.4 Å². The summed E-state index contributed by atoms with van der Waals surface area (Å²) < 4.78 is 31.6. The largest absolute Gasteiger partial charge is 0.364 e. The summed E-state index contributed by atoms with van der Waals surface area (Å²) in [6.07, 6.45) is 10.1. The van der Waals surface area contributed by atoms with Gasteiger partial charge in [0.2, 0.25) is 0 Å². The van der Waals surface area contributed by atoms with Crippen LogP contribution in [0.4, 0.5) is 20.3 Å². The monoisotopic (exact) mass is 565 g/mol. The van der Waals surface area contributed by atoms with Crippen LogP contribution in [0.15, 0.2) is 61.3 Å². The van der Waals surface area contributed by atoms with Gasteiger partial charge in [0.15, 0.2) is 0 Å². The molecule has 4 aliphatic rings. The fraction of sp³-hybridized carbons (Fsp3) is 0.355. The van der Waals surface area contributed by atoms with Crippen LogP contribution in [0.25, 0.3) is 27.7 Å². The van der Waals surface area contributed by atoms with Crippen molar-refractivity contribution in [1.82, 2.24) is 29.0 Å². The van der Waals surface area contributed by atoms with E-state index >= 15 is 0 Å². The molecule has 0 aromatic carbocycles. The van der Waals surface area contributed by atoms with E-state index in [1.165, 1.54) is 23.6 Å². The molecule has 9 heterocycles. The van der Waals surface area contributed by atoms with Crippen molar-refractivity contribution in [2.45, 2.75) is 37.4 Å². The number of nitriles is 1. The van der Waals surface area contributed by atoms with Crippen molar-refractivity contribution >= 4 is 28.1 Å². The Balaban J connectivity index is 1.02. The molecule has 2 atom stereocenters. The smallest absolute Gasteiger partial charge is 0.266 e. The molecular weight excluding hydrogens is 536 g/mol. The first-order valence-corrected chi connectivity index (χ1v) is 14.3. The first kappa shape index (κ1) is 25.2. The minimum absolute atomic E-state index is 0.173. The second kappa shape index (κ2) is 9.22. The van der Waals surface area contributed by atoms with Gasteiger partial charge in [0.05, 0.1) is 35.7 Å². The number of alkyl halides is 2. The Morgan fingerprint density at radius 2 is 1.90 bits per heavy atom. The maximum absolute atomic E-state index is 14.0. The minimum Gasteiger partial charge on any atom is -0.364 e. The number of piperazine rings is 1. The third-order valence-corrected chi connectivity index (χ3v) is 9.11. The average Bonchev–Trinajstić information content (AvgIpc) is 3.71. The van der Waals surface area contributed by atoms with E-state index in [0.29, 0.717) is 28.9 Å². The van der Waals surface area contributed by atoms with Crippen LogP contribution in [0.2, 0.25) is 0 Å². The van der Waals surface area contributed by atoms with Gasteiger partial charge in [-0.1, -0.05) is 0 Å². The molecule has 2 unspecified atom stereocenters. The molecule has 2 bridgehead atoms. The summed E-state index contributed by atoms with van der Waals surface area (Å²) in [7, 11) is 2.02. The van der Waals surface area contributed by atoms with Crippen LogP contribution in [0.5, 0.6) is 0 Å². The van der Waals surface area contributed by atoms with Gasteiger partial charge in [0.1, 0.15) is 17.5 Å². The molecule has 42 heavy (non-hydrogen) atoms. The lowest BCUT2D eigenvalue weighted by Crippen LogP contribution is -2.68. The fourth-order valence-corrected chi connectivity index (χ4v) is 6.90. The molecule has 9 rings (SSSR count). The number of rotatable bonds is 5. The van der Waals surface area contributed by atoms with Crippen LogP contribution in [0.1, 0.15) is 24.0 Å². The Morgan fingerprint density at radius 3 is 2.64 bits per heavy atom. The number of aromatic nitrogens is 5. The van der Waals surface area contributed by atoms with E-state index in [1.54, 1.807) is 15.6 Å². The highest BCUT2D eigenvalue weighted by molar-refractivity contribution is 5.86. The molecule has 0 aliphatic carbocycles. The van der Waals surface area contributed by atoms with E-state index in [0.717, 1.165) is 42.2 Å². The van der Waals surface area contributed by atoms with Gasteiger partial charge >= 0.3 is 0 Å². The lowest BCUT2D eigenvalue weighted by Gasteiger charge is -2.56. The molecule has 5 aromatic heterocycles. The fourth-order valence-electron chi connectivity index (χ4n) is 6.90. The summed E-state index contributed by atoms with van der Waals surface area (Å²) >= 11 is 0.